The van der Waals surface area contributed by atoms with Crippen molar-refractivity contribution in [3.8, 4) is 0 Å². The van der Waals surface area contributed by atoms with Gasteiger partial charge in [-0.2, -0.15) is 0 Å². The predicted molar refractivity (Wildman–Crippen MR) is 49.0 cm³/mol. The van der Waals surface area contributed by atoms with E-state index in [0.717, 1.165) is 19.4 Å². The van der Waals surface area contributed by atoms with Gasteiger partial charge >= 0.3 is 0 Å². The SMILES string of the molecule is CC[C@H]1COC(C)(C)O[C@H]1CC. The minimum atomic E-state index is -0.369. The minimum Gasteiger partial charge on any atom is -0.350 e. The highest BCUT2D eigenvalue weighted by Gasteiger charge is 2.34. The molecule has 0 aromatic heterocycles. The average Bonchev–Trinajstić information content (AvgIpc) is 2.03. The van der Waals surface area contributed by atoms with Gasteiger partial charge in [-0.1, -0.05) is 13.8 Å². The van der Waals surface area contributed by atoms with Crippen molar-refractivity contribution < 1.29 is 9.47 Å². The molecule has 0 spiro atoms. The Morgan fingerprint density at radius 1 is 1.25 bits per heavy atom. The van der Waals surface area contributed by atoms with E-state index in [9.17, 15) is 0 Å². The number of rotatable bonds is 2. The molecule has 2 heteroatoms. The van der Waals surface area contributed by atoms with E-state index < -0.39 is 0 Å². The molecule has 0 saturated carbocycles. The molecule has 0 N–H and O–H groups in total. The lowest BCUT2D eigenvalue weighted by molar-refractivity contribution is -0.293. The molecule has 0 amide bonds. The molecule has 1 rings (SSSR count). The van der Waals surface area contributed by atoms with Gasteiger partial charge in [0.2, 0.25) is 0 Å². The molecular formula is C10H20O2. The highest BCUT2D eigenvalue weighted by Crippen LogP contribution is 2.29. The van der Waals surface area contributed by atoms with Crippen molar-refractivity contribution in [2.75, 3.05) is 6.61 Å². The van der Waals surface area contributed by atoms with Gasteiger partial charge in [0, 0.05) is 5.92 Å². The topological polar surface area (TPSA) is 18.5 Å². The molecule has 0 unspecified atom stereocenters. The molecule has 12 heavy (non-hydrogen) atoms. The van der Waals surface area contributed by atoms with Gasteiger partial charge in [0.25, 0.3) is 0 Å². The predicted octanol–water partition coefficient (Wildman–Crippen LogP) is 2.57. The van der Waals surface area contributed by atoms with E-state index >= 15 is 0 Å². The maximum absolute atomic E-state index is 5.80. The van der Waals surface area contributed by atoms with Gasteiger partial charge in [-0.3, -0.25) is 0 Å². The van der Waals surface area contributed by atoms with Gasteiger partial charge in [0.1, 0.15) is 0 Å². The van der Waals surface area contributed by atoms with Gasteiger partial charge < -0.3 is 9.47 Å². The van der Waals surface area contributed by atoms with Gasteiger partial charge in [-0.15, -0.1) is 0 Å². The molecule has 1 saturated heterocycles. The van der Waals surface area contributed by atoms with E-state index in [0.29, 0.717) is 12.0 Å². The van der Waals surface area contributed by atoms with E-state index in [2.05, 4.69) is 13.8 Å². The maximum Gasteiger partial charge on any atom is 0.163 e. The van der Waals surface area contributed by atoms with E-state index in [4.69, 9.17) is 9.47 Å². The van der Waals surface area contributed by atoms with Crippen molar-refractivity contribution in [2.24, 2.45) is 5.92 Å². The zero-order chi connectivity index (χ0) is 9.19. The Morgan fingerprint density at radius 3 is 2.42 bits per heavy atom. The second-order valence-corrected chi connectivity index (χ2v) is 3.94. The van der Waals surface area contributed by atoms with Crippen LogP contribution in [-0.2, 0) is 9.47 Å². The molecule has 2 atom stereocenters. The van der Waals surface area contributed by atoms with Crippen LogP contribution in [-0.4, -0.2) is 18.5 Å². The van der Waals surface area contributed by atoms with E-state index in [-0.39, 0.29) is 5.79 Å². The minimum absolute atomic E-state index is 0.369. The summed E-state index contributed by atoms with van der Waals surface area (Å²) in [6.07, 6.45) is 2.62. The van der Waals surface area contributed by atoms with Crippen molar-refractivity contribution >= 4 is 0 Å². The van der Waals surface area contributed by atoms with Crippen molar-refractivity contribution in [2.45, 2.75) is 52.4 Å². The van der Waals surface area contributed by atoms with Crippen LogP contribution in [0.4, 0.5) is 0 Å². The third-order valence-electron chi connectivity index (χ3n) is 2.53. The summed E-state index contributed by atoms with van der Waals surface area (Å²) >= 11 is 0. The van der Waals surface area contributed by atoms with Crippen LogP contribution < -0.4 is 0 Å². The summed E-state index contributed by atoms with van der Waals surface area (Å²) < 4.78 is 11.4. The van der Waals surface area contributed by atoms with Crippen LogP contribution in [0.25, 0.3) is 0 Å². The molecule has 2 nitrogen and oxygen atoms in total. The summed E-state index contributed by atoms with van der Waals surface area (Å²) in [4.78, 5) is 0. The second kappa shape index (κ2) is 3.75. The number of ether oxygens (including phenoxy) is 2. The molecule has 1 aliphatic heterocycles. The average molecular weight is 172 g/mol. The molecule has 0 aliphatic carbocycles. The first-order valence-corrected chi connectivity index (χ1v) is 4.90. The Hall–Kier alpha value is -0.0800. The lowest BCUT2D eigenvalue weighted by Gasteiger charge is -2.40. The molecule has 0 bridgehead atoms. The van der Waals surface area contributed by atoms with E-state index in [1.54, 1.807) is 0 Å². The summed E-state index contributed by atoms with van der Waals surface area (Å²) in [6, 6.07) is 0. The van der Waals surface area contributed by atoms with Crippen LogP contribution in [0.15, 0.2) is 0 Å². The van der Waals surface area contributed by atoms with Crippen molar-refractivity contribution in [3.05, 3.63) is 0 Å². The second-order valence-electron chi connectivity index (χ2n) is 3.94. The quantitative estimate of drug-likeness (QED) is 0.637. The van der Waals surface area contributed by atoms with Crippen LogP contribution in [0.1, 0.15) is 40.5 Å². The standard InChI is InChI=1S/C10H20O2/c1-5-8-7-11-10(3,4)12-9(8)6-2/h8-9H,5-7H2,1-4H3/t8-,9-/m0/s1. The highest BCUT2D eigenvalue weighted by atomic mass is 16.7. The van der Waals surface area contributed by atoms with E-state index in [1.807, 2.05) is 13.8 Å². The summed E-state index contributed by atoms with van der Waals surface area (Å²) in [5.41, 5.74) is 0. The summed E-state index contributed by atoms with van der Waals surface area (Å²) in [5.74, 6) is 0.217. The van der Waals surface area contributed by atoms with Crippen LogP contribution in [0, 0.1) is 5.92 Å². The van der Waals surface area contributed by atoms with Crippen LogP contribution >= 0.6 is 0 Å². The summed E-state index contributed by atoms with van der Waals surface area (Å²) in [7, 11) is 0. The Labute approximate surface area is 75.2 Å². The van der Waals surface area contributed by atoms with Crippen molar-refractivity contribution in [1.29, 1.82) is 0 Å². The monoisotopic (exact) mass is 172 g/mol. The first-order valence-electron chi connectivity index (χ1n) is 4.90. The summed E-state index contributed by atoms with van der Waals surface area (Å²) in [6.45, 7) is 9.19. The molecule has 0 aromatic carbocycles. The maximum atomic E-state index is 5.80. The Balaban J connectivity index is 2.53. The van der Waals surface area contributed by atoms with Gasteiger partial charge in [0.05, 0.1) is 12.7 Å². The normalized spacial score (nSPS) is 35.0. The zero-order valence-corrected chi connectivity index (χ0v) is 8.59. The van der Waals surface area contributed by atoms with Crippen LogP contribution in [0.2, 0.25) is 0 Å². The molecule has 1 heterocycles. The van der Waals surface area contributed by atoms with E-state index in [1.165, 1.54) is 0 Å². The lowest BCUT2D eigenvalue weighted by atomic mass is 9.96. The van der Waals surface area contributed by atoms with Gasteiger partial charge in [-0.05, 0) is 26.7 Å². The first kappa shape index (κ1) is 10.0. The van der Waals surface area contributed by atoms with Crippen LogP contribution in [0.3, 0.4) is 0 Å². The lowest BCUT2D eigenvalue weighted by Crippen LogP contribution is -2.45. The highest BCUT2D eigenvalue weighted by molar-refractivity contribution is 4.75. The number of hydrogen-bond acceptors (Lipinski definition) is 2. The fourth-order valence-corrected chi connectivity index (χ4v) is 1.71. The summed E-state index contributed by atoms with van der Waals surface area (Å²) in [5, 5.41) is 0. The Bertz CT molecular complexity index is 143. The Morgan fingerprint density at radius 2 is 1.92 bits per heavy atom. The molecule has 0 aromatic rings. The van der Waals surface area contributed by atoms with Crippen LogP contribution in [0.5, 0.6) is 0 Å². The molecular weight excluding hydrogens is 152 g/mol. The molecule has 1 aliphatic rings. The van der Waals surface area contributed by atoms with Gasteiger partial charge in [0.15, 0.2) is 5.79 Å². The zero-order valence-electron chi connectivity index (χ0n) is 8.59. The molecule has 72 valence electrons. The third-order valence-corrected chi connectivity index (χ3v) is 2.53. The fourth-order valence-electron chi connectivity index (χ4n) is 1.71. The Kier molecular flexibility index (Phi) is 3.13. The first-order chi connectivity index (χ1) is 5.59. The third kappa shape index (κ3) is 2.20. The smallest absolute Gasteiger partial charge is 0.163 e. The largest absolute Gasteiger partial charge is 0.350 e. The fraction of sp³-hybridized carbons (Fsp3) is 1.00. The number of hydrogen-bond donors (Lipinski definition) is 0. The van der Waals surface area contributed by atoms with Crippen molar-refractivity contribution in [1.82, 2.24) is 0 Å². The van der Waals surface area contributed by atoms with Gasteiger partial charge in [-0.25, -0.2) is 0 Å². The van der Waals surface area contributed by atoms with Crippen molar-refractivity contribution in [3.63, 3.8) is 0 Å². The molecule has 0 radical (unpaired) electrons. The molecule has 1 fully saturated rings.